The molecule has 1 atom stereocenters. The average Bonchev–Trinajstić information content (AvgIpc) is 1.66. The number of piperidine rings is 1. The molecular formula is C79H85N21O3. The maximum atomic E-state index is 12.9. The van der Waals surface area contributed by atoms with E-state index in [9.17, 15) is 14.4 Å². The van der Waals surface area contributed by atoms with Gasteiger partial charge >= 0.3 is 0 Å². The molecule has 9 N–H and O–H groups in total. The fourth-order valence-electron chi connectivity index (χ4n) is 15.9. The first-order valence-electron chi connectivity index (χ1n) is 35.7. The standard InChI is InChI=1S/C27H29N7O.C26H29N7O.C26H27N7O/c1-28-17-4-3-12-34(16-17)18-5-8-24(30-14-18)32-23-7-6-19(22-15-31-27(35)25(22)23)20-9-11-29-26-21(20)10-13-33(26)2;1-16-13-29-25-19(7-10-32(25)2)23(16)18-4-5-21(24-20(18)15-30-26(24)34)31-22-6-3-17(14-28-22)33-11-8-27-9-12-33;1-16-15-32(2)25-23(16)19(7-8-28-25)18-4-5-21(24-20(18)14-30-26(24)34)31-22-6-3-17(13-29-22)33-11-9-27-10-12-33/h5-11,13-14,17,28H,3-4,12,15-16H2,1-2H3,(H,30,32)(H,31,35);3-6,13-14,27H,7-12,15H2,1-2H3,(H,28,31)(H,30,34);3-8,13,15,27H,9-12,14H2,1-2H3,(H,29,31)(H,30,34)/t17-;;/m1../s1. The van der Waals surface area contributed by atoms with Crippen molar-refractivity contribution in [3.05, 3.63) is 191 Å². The maximum Gasteiger partial charge on any atom is 0.254 e. The first-order valence-corrected chi connectivity index (χ1v) is 35.7. The molecule has 0 unspecified atom stereocenters. The number of aryl methyl sites for hydroxylation is 4. The van der Waals surface area contributed by atoms with E-state index in [0.717, 1.165) is 208 Å². The Balaban J connectivity index is 0.000000119. The van der Waals surface area contributed by atoms with Crippen LogP contribution in [0.25, 0.3) is 55.4 Å². The van der Waals surface area contributed by atoms with Crippen molar-refractivity contribution in [1.82, 2.24) is 70.9 Å². The number of anilines is 10. The van der Waals surface area contributed by atoms with Gasteiger partial charge < -0.3 is 76.6 Å². The SMILES string of the molecule is CN[C@@H]1CCCN(c2ccc(Nc3ccc(-c4ccnc5c4ccn5C)c4c3C(=O)NC4)nc2)C1.Cc1cn(C)c2nccc(-c3ccc(Nc4ccc(N5CCNCC5)cn4)c4c3CNC4=O)c12.Cc1cnc2c(c1-c1ccc(Nc3ccc(N4CCNCC4)cn3)c3c1CNC3=O)CCN2C. The van der Waals surface area contributed by atoms with Crippen molar-refractivity contribution in [2.24, 2.45) is 14.1 Å². The molecule has 3 aromatic carbocycles. The van der Waals surface area contributed by atoms with Crippen molar-refractivity contribution in [2.45, 2.75) is 58.8 Å². The van der Waals surface area contributed by atoms with Crippen LogP contribution in [0.15, 0.2) is 141 Å². The first kappa shape index (κ1) is 66.1. The van der Waals surface area contributed by atoms with Crippen LogP contribution in [0.2, 0.25) is 0 Å². The highest BCUT2D eigenvalue weighted by molar-refractivity contribution is 6.10. The van der Waals surface area contributed by atoms with Crippen molar-refractivity contribution in [1.29, 1.82) is 0 Å². The molecule has 0 radical (unpaired) electrons. The number of benzene rings is 3. The van der Waals surface area contributed by atoms with Crippen LogP contribution < -0.4 is 67.5 Å². The molecule has 524 valence electrons. The van der Waals surface area contributed by atoms with Gasteiger partial charge in [0, 0.05) is 166 Å². The van der Waals surface area contributed by atoms with E-state index < -0.39 is 0 Å². The summed E-state index contributed by atoms with van der Waals surface area (Å²) in [4.78, 5) is 75.5. The van der Waals surface area contributed by atoms with Gasteiger partial charge in [-0.15, -0.1) is 0 Å². The molecule has 3 saturated heterocycles. The molecule has 18 rings (SSSR count). The first-order chi connectivity index (χ1) is 50.3. The third kappa shape index (κ3) is 12.8. The van der Waals surface area contributed by atoms with Crippen molar-refractivity contribution >= 4 is 97.2 Å². The van der Waals surface area contributed by atoms with E-state index >= 15 is 0 Å². The molecule has 7 aliphatic rings. The second-order valence-electron chi connectivity index (χ2n) is 27.5. The lowest BCUT2D eigenvalue weighted by molar-refractivity contribution is 0.0958. The van der Waals surface area contributed by atoms with Crippen LogP contribution in [-0.2, 0) is 40.2 Å². The number of nitrogens with zero attached hydrogens (tertiary/aromatic N) is 12. The van der Waals surface area contributed by atoms with E-state index in [1.807, 2.05) is 122 Å². The van der Waals surface area contributed by atoms with Gasteiger partial charge in [-0.1, -0.05) is 18.2 Å². The molecule has 3 amide bonds. The monoisotopic (exact) mass is 1380 g/mol. The van der Waals surface area contributed by atoms with Gasteiger partial charge in [0.15, 0.2) is 0 Å². The molecule has 24 nitrogen and oxygen atoms in total. The highest BCUT2D eigenvalue weighted by Gasteiger charge is 2.33. The Morgan fingerprint density at radius 1 is 0.456 bits per heavy atom. The molecule has 8 aromatic heterocycles. The van der Waals surface area contributed by atoms with E-state index in [1.54, 1.807) is 0 Å². The summed E-state index contributed by atoms with van der Waals surface area (Å²) in [6.45, 7) is 16.6. The summed E-state index contributed by atoms with van der Waals surface area (Å²) in [5, 5.41) is 31.5. The minimum atomic E-state index is -0.0641. The van der Waals surface area contributed by atoms with Crippen LogP contribution in [0.5, 0.6) is 0 Å². The van der Waals surface area contributed by atoms with Crippen molar-refractivity contribution in [3.8, 4) is 33.4 Å². The summed E-state index contributed by atoms with van der Waals surface area (Å²) in [6.07, 6.45) is 18.8. The van der Waals surface area contributed by atoms with Crippen LogP contribution in [0.4, 0.5) is 57.4 Å². The van der Waals surface area contributed by atoms with Gasteiger partial charge in [-0.25, -0.2) is 29.9 Å². The molecular weight excluding hydrogens is 1290 g/mol. The smallest absolute Gasteiger partial charge is 0.254 e. The molecule has 24 heteroatoms. The highest BCUT2D eigenvalue weighted by Crippen LogP contribution is 2.44. The van der Waals surface area contributed by atoms with Crippen LogP contribution in [0.1, 0.15) is 77.3 Å². The van der Waals surface area contributed by atoms with Crippen LogP contribution in [0, 0.1) is 13.8 Å². The third-order valence-corrected chi connectivity index (χ3v) is 21.2. The van der Waals surface area contributed by atoms with E-state index in [2.05, 4.69) is 167 Å². The molecule has 103 heavy (non-hydrogen) atoms. The lowest BCUT2D eigenvalue weighted by atomic mass is 9.90. The second kappa shape index (κ2) is 28.2. The van der Waals surface area contributed by atoms with Gasteiger partial charge in [0.05, 0.1) is 69.4 Å². The lowest BCUT2D eigenvalue weighted by Gasteiger charge is -2.34. The van der Waals surface area contributed by atoms with E-state index in [4.69, 9.17) is 0 Å². The number of carbonyl (C=O) groups is 3. The fourth-order valence-corrected chi connectivity index (χ4v) is 15.9. The quantitative estimate of drug-likeness (QED) is 0.0520. The Hall–Kier alpha value is -11.5. The Morgan fingerprint density at radius 2 is 0.961 bits per heavy atom. The summed E-state index contributed by atoms with van der Waals surface area (Å²) < 4.78 is 4.06. The van der Waals surface area contributed by atoms with Gasteiger partial charge in [0.1, 0.15) is 34.6 Å². The summed E-state index contributed by atoms with van der Waals surface area (Å²) in [5.74, 6) is 3.05. The molecule has 11 aromatic rings. The molecule has 0 saturated carbocycles. The summed E-state index contributed by atoms with van der Waals surface area (Å²) in [7, 11) is 8.11. The van der Waals surface area contributed by atoms with Gasteiger partial charge in [0.25, 0.3) is 17.7 Å². The van der Waals surface area contributed by atoms with Crippen molar-refractivity contribution in [2.75, 3.05) is 122 Å². The van der Waals surface area contributed by atoms with Gasteiger partial charge in [-0.2, -0.15) is 0 Å². The number of hydrogen-bond acceptors (Lipinski definition) is 19. The minimum absolute atomic E-state index is 0.0442. The number of rotatable bonds is 13. The molecule has 3 fully saturated rings. The third-order valence-electron chi connectivity index (χ3n) is 21.2. The fraction of sp³-hybridized carbons (Fsp3) is 0.304. The van der Waals surface area contributed by atoms with Gasteiger partial charge in [0.2, 0.25) is 0 Å². The predicted octanol–water partition coefficient (Wildman–Crippen LogP) is 9.99. The number of nitrogens with one attached hydrogen (secondary N) is 9. The van der Waals surface area contributed by atoms with Crippen molar-refractivity contribution < 1.29 is 14.4 Å². The summed E-state index contributed by atoms with van der Waals surface area (Å²) in [5.41, 5.74) is 22.9. The number of likely N-dealkylation sites (N-methyl/N-ethyl adjacent to an activating group) is 2. The minimum Gasteiger partial charge on any atom is -0.369 e. The van der Waals surface area contributed by atoms with Gasteiger partial charge in [-0.05, 0) is 174 Å². The molecule has 15 heterocycles. The van der Waals surface area contributed by atoms with Crippen molar-refractivity contribution in [3.63, 3.8) is 0 Å². The Morgan fingerprint density at radius 3 is 1.50 bits per heavy atom. The normalized spacial score (nSPS) is 16.6. The predicted molar refractivity (Wildman–Crippen MR) is 409 cm³/mol. The number of pyridine rings is 6. The summed E-state index contributed by atoms with van der Waals surface area (Å²) in [6, 6.07) is 31.2. The number of hydrogen-bond donors (Lipinski definition) is 9. The number of amides is 3. The zero-order valence-corrected chi connectivity index (χ0v) is 59.0. The molecule has 7 aliphatic heterocycles. The molecule has 0 spiro atoms. The molecule has 0 aliphatic carbocycles. The second-order valence-corrected chi connectivity index (χ2v) is 27.5. The van der Waals surface area contributed by atoms with Crippen LogP contribution in [-0.4, -0.2) is 149 Å². The number of carbonyl (C=O) groups excluding carboxylic acids is 3. The van der Waals surface area contributed by atoms with E-state index in [0.29, 0.717) is 42.4 Å². The zero-order valence-electron chi connectivity index (χ0n) is 59.0. The Bertz CT molecular complexity index is 5080. The lowest BCUT2D eigenvalue weighted by Crippen LogP contribution is -2.44. The maximum absolute atomic E-state index is 12.9. The van der Waals surface area contributed by atoms with Crippen LogP contribution in [0.3, 0.4) is 0 Å². The molecule has 0 bridgehead atoms. The van der Waals surface area contributed by atoms with Gasteiger partial charge in [-0.3, -0.25) is 14.4 Å². The van der Waals surface area contributed by atoms with Crippen LogP contribution >= 0.6 is 0 Å². The summed E-state index contributed by atoms with van der Waals surface area (Å²) >= 11 is 0. The highest BCUT2D eigenvalue weighted by atomic mass is 16.2. The largest absolute Gasteiger partial charge is 0.369 e. The van der Waals surface area contributed by atoms with E-state index in [1.165, 1.54) is 29.5 Å². The number of aromatic nitrogens is 8. The number of fused-ring (bicyclic) bond motifs is 6. The Labute approximate surface area is 598 Å². The van der Waals surface area contributed by atoms with E-state index in [-0.39, 0.29) is 17.7 Å². The Kier molecular flexibility index (Phi) is 18.1. The number of piperazine rings is 2. The zero-order chi connectivity index (χ0) is 70.4. The topological polar surface area (TPSA) is 260 Å². The average molecular weight is 1380 g/mol.